The van der Waals surface area contributed by atoms with Gasteiger partial charge in [0.2, 0.25) is 0 Å². The van der Waals surface area contributed by atoms with Gasteiger partial charge in [-0.25, -0.2) is 13.6 Å². The first-order valence-electron chi connectivity index (χ1n) is 8.02. The molecule has 0 spiro atoms. The zero-order chi connectivity index (χ0) is 22.1. The molecule has 0 aliphatic heterocycles. The Bertz CT molecular complexity index is 1100. The lowest BCUT2D eigenvalue weighted by molar-refractivity contribution is -0.274. The summed E-state index contributed by atoms with van der Waals surface area (Å²) in [5, 5.41) is 13.4. The molecule has 1 aromatic heterocycles. The molecule has 30 heavy (non-hydrogen) atoms. The van der Waals surface area contributed by atoms with Crippen molar-refractivity contribution in [2.45, 2.75) is 6.36 Å². The average molecular weight is 443 g/mol. The van der Waals surface area contributed by atoms with E-state index >= 15 is 0 Å². The molecule has 0 unspecified atom stereocenters. The summed E-state index contributed by atoms with van der Waals surface area (Å²) in [6.45, 7) is 0. The standard InChI is InChI=1S/C19H10F5NO4S/c20-13-5-9(10-3-1-2-4-15(10)29-19(22,23)24)6-14(21)16(13)25-17(26)11-7-30-8-12(11)18(27)28/h1-8H,(H,25,26)(H,27,28). The van der Waals surface area contributed by atoms with Crippen molar-refractivity contribution in [1.29, 1.82) is 0 Å². The van der Waals surface area contributed by atoms with Gasteiger partial charge in [-0.05, 0) is 23.8 Å². The normalized spacial score (nSPS) is 11.2. The highest BCUT2D eigenvalue weighted by Crippen LogP contribution is 2.36. The highest BCUT2D eigenvalue weighted by atomic mass is 32.1. The van der Waals surface area contributed by atoms with Crippen molar-refractivity contribution in [1.82, 2.24) is 0 Å². The lowest BCUT2D eigenvalue weighted by Gasteiger charge is -2.14. The second-order valence-electron chi connectivity index (χ2n) is 5.82. The van der Waals surface area contributed by atoms with Crippen LogP contribution in [-0.2, 0) is 0 Å². The van der Waals surface area contributed by atoms with Crippen LogP contribution in [0.25, 0.3) is 11.1 Å². The minimum absolute atomic E-state index is 0.225. The molecule has 3 aromatic rings. The van der Waals surface area contributed by atoms with E-state index in [0.29, 0.717) is 0 Å². The van der Waals surface area contributed by atoms with E-state index in [0.717, 1.165) is 29.5 Å². The van der Waals surface area contributed by atoms with E-state index < -0.39 is 41.3 Å². The summed E-state index contributed by atoms with van der Waals surface area (Å²) in [4.78, 5) is 23.3. The topological polar surface area (TPSA) is 75.6 Å². The minimum Gasteiger partial charge on any atom is -0.478 e. The quantitative estimate of drug-likeness (QED) is 0.508. The van der Waals surface area contributed by atoms with Gasteiger partial charge < -0.3 is 15.2 Å². The van der Waals surface area contributed by atoms with Crippen LogP contribution in [0.5, 0.6) is 5.75 Å². The van der Waals surface area contributed by atoms with Crippen molar-refractivity contribution >= 4 is 28.9 Å². The first kappa shape index (κ1) is 21.2. The smallest absolute Gasteiger partial charge is 0.478 e. The predicted molar refractivity (Wildman–Crippen MR) is 97.7 cm³/mol. The molecule has 156 valence electrons. The number of benzene rings is 2. The molecular formula is C19H10F5NO4S. The molecule has 5 nitrogen and oxygen atoms in total. The van der Waals surface area contributed by atoms with Gasteiger partial charge in [0.15, 0.2) is 0 Å². The van der Waals surface area contributed by atoms with E-state index in [2.05, 4.69) is 4.74 Å². The summed E-state index contributed by atoms with van der Waals surface area (Å²) < 4.78 is 70.6. The maximum absolute atomic E-state index is 14.5. The van der Waals surface area contributed by atoms with Crippen molar-refractivity contribution in [3.8, 4) is 16.9 Å². The highest BCUT2D eigenvalue weighted by Gasteiger charge is 2.32. The summed E-state index contributed by atoms with van der Waals surface area (Å²) in [6.07, 6.45) is -5.01. The first-order chi connectivity index (χ1) is 14.1. The molecule has 0 saturated carbocycles. The lowest BCUT2D eigenvalue weighted by atomic mass is 10.0. The lowest BCUT2D eigenvalue weighted by Crippen LogP contribution is -2.18. The van der Waals surface area contributed by atoms with Crippen LogP contribution in [-0.4, -0.2) is 23.3 Å². The largest absolute Gasteiger partial charge is 0.573 e. The van der Waals surface area contributed by atoms with E-state index in [4.69, 9.17) is 5.11 Å². The number of carbonyl (C=O) groups is 2. The summed E-state index contributed by atoms with van der Waals surface area (Å²) in [6, 6.07) is 6.23. The SMILES string of the molecule is O=C(O)c1cscc1C(=O)Nc1c(F)cc(-c2ccccc2OC(F)(F)F)cc1F. The number of nitrogens with one attached hydrogen (secondary N) is 1. The molecule has 0 aliphatic rings. The molecule has 0 atom stereocenters. The number of amides is 1. The zero-order valence-corrected chi connectivity index (χ0v) is 15.4. The van der Waals surface area contributed by atoms with E-state index in [-0.39, 0.29) is 22.3 Å². The Balaban J connectivity index is 1.95. The molecule has 1 heterocycles. The summed E-state index contributed by atoms with van der Waals surface area (Å²) in [5.74, 6) is -5.65. The summed E-state index contributed by atoms with van der Waals surface area (Å²) in [5.41, 5.74) is -1.99. The number of aromatic carboxylic acids is 1. The molecule has 3 rings (SSSR count). The Morgan fingerprint density at radius 2 is 1.60 bits per heavy atom. The fraction of sp³-hybridized carbons (Fsp3) is 0.0526. The Morgan fingerprint density at radius 3 is 2.20 bits per heavy atom. The zero-order valence-electron chi connectivity index (χ0n) is 14.6. The van der Waals surface area contributed by atoms with Crippen molar-refractivity contribution in [3.63, 3.8) is 0 Å². The molecule has 0 fully saturated rings. The van der Waals surface area contributed by atoms with Crippen molar-refractivity contribution in [2.75, 3.05) is 5.32 Å². The number of rotatable bonds is 5. The molecule has 0 bridgehead atoms. The van der Waals surface area contributed by atoms with Crippen LogP contribution in [0.1, 0.15) is 20.7 Å². The minimum atomic E-state index is -5.01. The fourth-order valence-corrected chi connectivity index (χ4v) is 3.39. The average Bonchev–Trinajstić information content (AvgIpc) is 3.14. The van der Waals surface area contributed by atoms with Gasteiger partial charge in [0.25, 0.3) is 5.91 Å². The summed E-state index contributed by atoms with van der Waals surface area (Å²) in [7, 11) is 0. The third-order valence-corrected chi connectivity index (χ3v) is 4.58. The molecule has 1 amide bonds. The number of halogens is 5. The van der Waals surface area contributed by atoms with E-state index in [1.54, 1.807) is 0 Å². The number of alkyl halides is 3. The number of para-hydroxylation sites is 1. The Labute approximate surface area is 169 Å². The van der Waals surface area contributed by atoms with Crippen LogP contribution in [0.3, 0.4) is 0 Å². The van der Waals surface area contributed by atoms with Gasteiger partial charge in [-0.2, -0.15) is 11.3 Å². The van der Waals surface area contributed by atoms with Gasteiger partial charge >= 0.3 is 12.3 Å². The van der Waals surface area contributed by atoms with Gasteiger partial charge in [0.1, 0.15) is 23.1 Å². The van der Waals surface area contributed by atoms with Gasteiger partial charge in [-0.3, -0.25) is 4.79 Å². The summed E-state index contributed by atoms with van der Waals surface area (Å²) >= 11 is 0.913. The van der Waals surface area contributed by atoms with E-state index in [1.807, 2.05) is 5.32 Å². The number of anilines is 1. The molecule has 11 heteroatoms. The maximum atomic E-state index is 14.5. The number of thiophene rings is 1. The van der Waals surface area contributed by atoms with Crippen LogP contribution in [0.2, 0.25) is 0 Å². The highest BCUT2D eigenvalue weighted by molar-refractivity contribution is 7.08. The van der Waals surface area contributed by atoms with Gasteiger partial charge in [-0.1, -0.05) is 18.2 Å². The molecule has 2 aromatic carbocycles. The van der Waals surface area contributed by atoms with E-state index in [1.165, 1.54) is 29.0 Å². The second-order valence-corrected chi connectivity index (χ2v) is 6.56. The number of carboxylic acids is 1. The molecular weight excluding hydrogens is 433 g/mol. The molecule has 0 saturated heterocycles. The predicted octanol–water partition coefficient (Wildman–Crippen LogP) is 5.54. The van der Waals surface area contributed by atoms with Gasteiger partial charge in [0.05, 0.1) is 11.1 Å². The third kappa shape index (κ3) is 4.57. The van der Waals surface area contributed by atoms with Crippen molar-refractivity contribution in [2.24, 2.45) is 0 Å². The first-order valence-corrected chi connectivity index (χ1v) is 8.96. The van der Waals surface area contributed by atoms with Crippen LogP contribution in [0, 0.1) is 11.6 Å². The van der Waals surface area contributed by atoms with Crippen LogP contribution in [0.15, 0.2) is 47.2 Å². The monoisotopic (exact) mass is 443 g/mol. The van der Waals surface area contributed by atoms with Crippen molar-refractivity contribution < 1.29 is 41.4 Å². The number of carboxylic acid groups (broad SMARTS) is 1. The fourth-order valence-electron chi connectivity index (χ4n) is 2.59. The van der Waals surface area contributed by atoms with E-state index in [9.17, 15) is 31.5 Å². The van der Waals surface area contributed by atoms with Crippen LogP contribution < -0.4 is 10.1 Å². The van der Waals surface area contributed by atoms with Gasteiger partial charge in [-0.15, -0.1) is 13.2 Å². The molecule has 0 radical (unpaired) electrons. The number of ether oxygens (including phenoxy) is 1. The van der Waals surface area contributed by atoms with Crippen LogP contribution in [0.4, 0.5) is 27.6 Å². The Hall–Kier alpha value is -3.47. The third-order valence-electron chi connectivity index (χ3n) is 3.84. The van der Waals surface area contributed by atoms with Crippen LogP contribution >= 0.6 is 11.3 Å². The molecule has 0 aliphatic carbocycles. The number of hydrogen-bond donors (Lipinski definition) is 2. The maximum Gasteiger partial charge on any atom is 0.573 e. The second kappa shape index (κ2) is 8.11. The molecule has 2 N–H and O–H groups in total. The van der Waals surface area contributed by atoms with Gasteiger partial charge in [0, 0.05) is 16.3 Å². The van der Waals surface area contributed by atoms with Crippen molar-refractivity contribution in [3.05, 3.63) is 69.9 Å². The number of hydrogen-bond acceptors (Lipinski definition) is 4. The Kier molecular flexibility index (Phi) is 5.74. The number of carbonyl (C=O) groups excluding carboxylic acids is 1. The Morgan fingerprint density at radius 1 is 1.00 bits per heavy atom.